The zero-order chi connectivity index (χ0) is 13.8. The van der Waals surface area contributed by atoms with Crippen LogP contribution in [0.5, 0.6) is 0 Å². The number of hydrogen-bond acceptors (Lipinski definition) is 9. The summed E-state index contributed by atoms with van der Waals surface area (Å²) in [7, 11) is -5.09. The van der Waals surface area contributed by atoms with Crippen molar-refractivity contribution in [1.82, 2.24) is 0 Å². The molecule has 0 aliphatic heterocycles. The monoisotopic (exact) mass is 275 g/mol. The van der Waals surface area contributed by atoms with E-state index >= 15 is 0 Å². The average molecular weight is 275 g/mol. The number of carbonyl (C=O) groups excluding carboxylic acids is 1. The first-order chi connectivity index (χ1) is 7.60. The second kappa shape index (κ2) is 6.20. The van der Waals surface area contributed by atoms with Gasteiger partial charge < -0.3 is 30.3 Å². The minimum Gasteiger partial charge on any atom is -0.394 e. The summed E-state index contributed by atoms with van der Waals surface area (Å²) in [6, 6.07) is -2.03. The number of nitrogens with two attached hydrogens (primary N) is 1. The summed E-state index contributed by atoms with van der Waals surface area (Å²) >= 11 is 0. The van der Waals surface area contributed by atoms with Crippen LogP contribution in [0.4, 0.5) is 0 Å². The van der Waals surface area contributed by atoms with Crippen molar-refractivity contribution >= 4 is 16.4 Å². The topological polar surface area (TPSA) is 188 Å². The van der Waals surface area contributed by atoms with Gasteiger partial charge in [0.05, 0.1) is 6.61 Å². The number of carbonyl (C=O) groups is 1. The molecule has 0 spiro atoms. The third-order valence-electron chi connectivity index (χ3n) is 1.76. The molecule has 0 rings (SSSR count). The Balaban J connectivity index is 4.59. The summed E-state index contributed by atoms with van der Waals surface area (Å²) in [5.41, 5.74) is 5.01. The molecule has 0 fully saturated rings. The summed E-state index contributed by atoms with van der Waals surface area (Å²) < 4.78 is 31.9. The quantitative estimate of drug-likeness (QED) is 0.259. The molecule has 0 aliphatic rings. The molecule has 0 aliphatic carbocycles. The van der Waals surface area contributed by atoms with Crippen molar-refractivity contribution in [2.75, 3.05) is 6.61 Å². The van der Waals surface area contributed by atoms with Crippen LogP contribution < -0.4 is 5.73 Å². The summed E-state index contributed by atoms with van der Waals surface area (Å²) in [5, 5.41) is 35.7. The van der Waals surface area contributed by atoms with E-state index in [4.69, 9.17) is 25.6 Å². The van der Waals surface area contributed by atoms with E-state index in [1.165, 1.54) is 0 Å². The van der Waals surface area contributed by atoms with Crippen LogP contribution in [0.15, 0.2) is 0 Å². The molecule has 0 bridgehead atoms. The van der Waals surface area contributed by atoms with E-state index in [-0.39, 0.29) is 0 Å². The first kappa shape index (κ1) is 16.2. The summed E-state index contributed by atoms with van der Waals surface area (Å²) in [6.45, 7) is -0.918. The van der Waals surface area contributed by atoms with Gasteiger partial charge in [-0.3, -0.25) is 4.55 Å². The van der Waals surface area contributed by atoms with Gasteiger partial charge in [-0.2, -0.15) is 8.42 Å². The molecule has 0 aromatic rings. The van der Waals surface area contributed by atoms with Gasteiger partial charge in [0.25, 0.3) is 0 Å². The van der Waals surface area contributed by atoms with Crippen LogP contribution in [0, 0.1) is 0 Å². The van der Waals surface area contributed by atoms with Gasteiger partial charge in [0.2, 0.25) is 0 Å². The molecule has 0 saturated heterocycles. The molecule has 0 saturated carbocycles. The number of rotatable bonds is 6. The van der Waals surface area contributed by atoms with E-state index in [1.807, 2.05) is 0 Å². The van der Waals surface area contributed by atoms with E-state index in [0.717, 1.165) is 0 Å². The second-order valence-electron chi connectivity index (χ2n) is 3.09. The maximum Gasteiger partial charge on any atom is 0.449 e. The SMILES string of the molecule is N[C@@H](C(=O)OS(=O)(=O)O)[C@@H](O)[C@@H](O)[C@H](O)CO. The molecular formula is C6H13NO9S. The van der Waals surface area contributed by atoms with E-state index in [9.17, 15) is 18.3 Å². The van der Waals surface area contributed by atoms with Gasteiger partial charge in [0.15, 0.2) is 0 Å². The zero-order valence-electron chi connectivity index (χ0n) is 8.37. The van der Waals surface area contributed by atoms with Crippen LogP contribution in [0.25, 0.3) is 0 Å². The van der Waals surface area contributed by atoms with Crippen molar-refractivity contribution in [2.45, 2.75) is 24.4 Å². The van der Waals surface area contributed by atoms with Gasteiger partial charge in [-0.05, 0) is 0 Å². The first-order valence-corrected chi connectivity index (χ1v) is 5.58. The Labute approximate surface area is 96.2 Å². The lowest BCUT2D eigenvalue weighted by Gasteiger charge is -2.24. The Bertz CT molecular complexity index is 354. The minimum absolute atomic E-state index is 0.918. The van der Waals surface area contributed by atoms with Gasteiger partial charge in [-0.1, -0.05) is 0 Å². The van der Waals surface area contributed by atoms with Crippen molar-refractivity contribution < 1.29 is 42.4 Å². The van der Waals surface area contributed by atoms with E-state index in [2.05, 4.69) is 4.18 Å². The standard InChI is InChI=1S/C6H13NO9S/c7-3(6(12)16-17(13,14)15)5(11)4(10)2(9)1-8/h2-5,8-11H,1,7H2,(H,13,14,15)/t2-,3-,4+,5-/m1/s1. The van der Waals surface area contributed by atoms with Gasteiger partial charge in [0, 0.05) is 0 Å². The molecule has 0 amide bonds. The largest absolute Gasteiger partial charge is 0.449 e. The molecule has 0 aromatic carbocycles. The third-order valence-corrected chi connectivity index (χ3v) is 2.13. The van der Waals surface area contributed by atoms with Crippen molar-refractivity contribution in [3.8, 4) is 0 Å². The molecule has 0 radical (unpaired) electrons. The van der Waals surface area contributed by atoms with Crippen molar-refractivity contribution in [1.29, 1.82) is 0 Å². The Hall–Kier alpha value is -0.820. The molecule has 11 heteroatoms. The van der Waals surface area contributed by atoms with Gasteiger partial charge in [-0.25, -0.2) is 4.79 Å². The lowest BCUT2D eigenvalue weighted by molar-refractivity contribution is -0.144. The number of aliphatic hydroxyl groups is 4. The Morgan fingerprint density at radius 2 is 1.71 bits per heavy atom. The van der Waals surface area contributed by atoms with E-state index in [1.54, 1.807) is 0 Å². The van der Waals surface area contributed by atoms with E-state index in [0.29, 0.717) is 0 Å². The molecule has 0 heterocycles. The molecule has 17 heavy (non-hydrogen) atoms. The molecule has 4 atom stereocenters. The Morgan fingerprint density at radius 3 is 2.06 bits per heavy atom. The smallest absolute Gasteiger partial charge is 0.394 e. The first-order valence-electron chi connectivity index (χ1n) is 4.21. The van der Waals surface area contributed by atoms with Crippen molar-refractivity contribution in [3.63, 3.8) is 0 Å². The highest BCUT2D eigenvalue weighted by Gasteiger charge is 2.35. The van der Waals surface area contributed by atoms with Crippen LogP contribution in [-0.2, 0) is 19.4 Å². The van der Waals surface area contributed by atoms with Gasteiger partial charge in [0.1, 0.15) is 24.4 Å². The van der Waals surface area contributed by atoms with Crippen LogP contribution in [0.3, 0.4) is 0 Å². The molecule has 102 valence electrons. The molecule has 10 nitrogen and oxygen atoms in total. The minimum atomic E-state index is -5.09. The van der Waals surface area contributed by atoms with Crippen LogP contribution in [-0.4, -0.2) is 70.3 Å². The van der Waals surface area contributed by atoms with Crippen molar-refractivity contribution in [3.05, 3.63) is 0 Å². The van der Waals surface area contributed by atoms with Gasteiger partial charge in [-0.15, -0.1) is 0 Å². The summed E-state index contributed by atoms with van der Waals surface area (Å²) in [6.07, 6.45) is -5.87. The highest BCUT2D eigenvalue weighted by molar-refractivity contribution is 7.81. The van der Waals surface area contributed by atoms with Crippen molar-refractivity contribution in [2.24, 2.45) is 5.73 Å². The normalized spacial score (nSPS) is 19.2. The zero-order valence-corrected chi connectivity index (χ0v) is 9.19. The van der Waals surface area contributed by atoms with Crippen LogP contribution >= 0.6 is 0 Å². The molecule has 0 aromatic heterocycles. The maximum absolute atomic E-state index is 10.9. The second-order valence-corrected chi connectivity index (χ2v) is 4.11. The molecule has 7 N–H and O–H groups in total. The fourth-order valence-electron chi connectivity index (χ4n) is 0.847. The lowest BCUT2D eigenvalue weighted by atomic mass is 10.0. The lowest BCUT2D eigenvalue weighted by Crippen LogP contribution is -2.53. The average Bonchev–Trinajstić information content (AvgIpc) is 2.22. The fraction of sp³-hybridized carbons (Fsp3) is 0.833. The van der Waals surface area contributed by atoms with Gasteiger partial charge >= 0.3 is 16.4 Å². The predicted octanol–water partition coefficient (Wildman–Crippen LogP) is -4.27. The molecule has 0 unspecified atom stereocenters. The number of hydrogen-bond donors (Lipinski definition) is 6. The predicted molar refractivity (Wildman–Crippen MR) is 50.7 cm³/mol. The molecular weight excluding hydrogens is 262 g/mol. The van der Waals surface area contributed by atoms with Crippen LogP contribution in [0.2, 0.25) is 0 Å². The number of aliphatic hydroxyl groups excluding tert-OH is 4. The maximum atomic E-state index is 10.9. The van der Waals surface area contributed by atoms with E-state index < -0.39 is 47.3 Å². The highest BCUT2D eigenvalue weighted by atomic mass is 32.3. The Kier molecular flexibility index (Phi) is 5.91. The van der Waals surface area contributed by atoms with Crippen LogP contribution in [0.1, 0.15) is 0 Å². The Morgan fingerprint density at radius 1 is 1.24 bits per heavy atom. The third kappa shape index (κ3) is 5.36. The summed E-state index contributed by atoms with van der Waals surface area (Å²) in [4.78, 5) is 10.9. The fourth-order valence-corrected chi connectivity index (χ4v) is 1.17. The summed E-state index contributed by atoms with van der Waals surface area (Å²) in [5.74, 6) is -1.73. The highest BCUT2D eigenvalue weighted by Crippen LogP contribution is 2.05.